The molecule has 1 aromatic heterocycles. The average molecular weight is 507 g/mol. The van der Waals surface area contributed by atoms with Gasteiger partial charge in [-0.2, -0.15) is 4.31 Å². The third kappa shape index (κ3) is 5.51. The summed E-state index contributed by atoms with van der Waals surface area (Å²) >= 11 is 1.43. The third-order valence-corrected chi connectivity index (χ3v) is 9.08. The zero-order chi connectivity index (χ0) is 25.0. The summed E-state index contributed by atoms with van der Waals surface area (Å²) in [5.41, 5.74) is 1.90. The highest BCUT2D eigenvalue weighted by Crippen LogP contribution is 2.37. The number of benzene rings is 1. The van der Waals surface area contributed by atoms with Gasteiger partial charge >= 0.3 is 0 Å². The Morgan fingerprint density at radius 2 is 1.82 bits per heavy atom. The van der Waals surface area contributed by atoms with Crippen molar-refractivity contribution in [3.05, 3.63) is 45.8 Å². The van der Waals surface area contributed by atoms with E-state index in [-0.39, 0.29) is 16.7 Å². The van der Waals surface area contributed by atoms with E-state index in [9.17, 15) is 18.0 Å². The maximum atomic E-state index is 13.0. The molecular weight excluding hydrogens is 472 g/mol. The number of nitrogens with one attached hydrogen (secondary N) is 1. The van der Waals surface area contributed by atoms with Gasteiger partial charge in [-0.3, -0.25) is 9.59 Å². The van der Waals surface area contributed by atoms with Crippen molar-refractivity contribution in [2.24, 2.45) is 0 Å². The van der Waals surface area contributed by atoms with E-state index in [1.807, 2.05) is 20.9 Å². The van der Waals surface area contributed by atoms with E-state index in [0.29, 0.717) is 29.2 Å². The second-order valence-electron chi connectivity index (χ2n) is 8.72. The monoisotopic (exact) mass is 506 g/mol. The standard InChI is InChI=1S/C24H34N4O4S2/c1-6-8-14-28(7-2)34(31,32)18-11-9-17(10-12-18)22(29)25-23-21(24(30)26(3)4)19-13-15-27(5)16-20(19)33-23/h9-12H,6-8,13-16H2,1-5H3,(H,25,29). The van der Waals surface area contributed by atoms with Crippen molar-refractivity contribution in [2.75, 3.05) is 46.1 Å². The molecule has 34 heavy (non-hydrogen) atoms. The Morgan fingerprint density at radius 3 is 2.41 bits per heavy atom. The minimum Gasteiger partial charge on any atom is -0.345 e. The third-order valence-electron chi connectivity index (χ3n) is 5.96. The smallest absolute Gasteiger partial charge is 0.256 e. The summed E-state index contributed by atoms with van der Waals surface area (Å²) in [6.45, 7) is 6.30. The number of amides is 2. The maximum absolute atomic E-state index is 13.0. The van der Waals surface area contributed by atoms with Gasteiger partial charge in [0, 0.05) is 50.7 Å². The average Bonchev–Trinajstić information content (AvgIpc) is 3.15. The topological polar surface area (TPSA) is 90.0 Å². The highest BCUT2D eigenvalue weighted by atomic mass is 32.2. The van der Waals surface area contributed by atoms with Crippen LogP contribution in [0.25, 0.3) is 0 Å². The lowest BCUT2D eigenvalue weighted by atomic mass is 10.0. The predicted molar refractivity (Wildman–Crippen MR) is 136 cm³/mol. The molecule has 1 aliphatic heterocycles. The van der Waals surface area contributed by atoms with Gasteiger partial charge in [0.15, 0.2) is 0 Å². The first-order valence-electron chi connectivity index (χ1n) is 11.6. The quantitative estimate of drug-likeness (QED) is 0.562. The van der Waals surface area contributed by atoms with Crippen LogP contribution < -0.4 is 5.32 Å². The van der Waals surface area contributed by atoms with Crippen LogP contribution in [0.3, 0.4) is 0 Å². The van der Waals surface area contributed by atoms with Gasteiger partial charge < -0.3 is 15.1 Å². The Balaban J connectivity index is 1.85. The number of anilines is 1. The molecular formula is C24H34N4O4S2. The molecule has 0 radical (unpaired) electrons. The maximum Gasteiger partial charge on any atom is 0.256 e. The Bertz CT molecular complexity index is 1140. The molecule has 1 aliphatic rings. The molecule has 2 heterocycles. The van der Waals surface area contributed by atoms with Gasteiger partial charge in [0.1, 0.15) is 5.00 Å². The molecule has 3 rings (SSSR count). The van der Waals surface area contributed by atoms with Crippen molar-refractivity contribution in [1.29, 1.82) is 0 Å². The van der Waals surface area contributed by atoms with Gasteiger partial charge in [-0.25, -0.2) is 8.42 Å². The van der Waals surface area contributed by atoms with Gasteiger partial charge in [-0.05, 0) is 49.7 Å². The number of unbranched alkanes of at least 4 members (excludes halogenated alkanes) is 1. The summed E-state index contributed by atoms with van der Waals surface area (Å²) in [6.07, 6.45) is 2.46. The summed E-state index contributed by atoms with van der Waals surface area (Å²) in [6, 6.07) is 5.98. The number of carbonyl (C=O) groups excluding carboxylic acids is 2. The fourth-order valence-electron chi connectivity index (χ4n) is 3.95. The molecule has 0 saturated heterocycles. The highest BCUT2D eigenvalue weighted by molar-refractivity contribution is 7.89. The molecule has 0 aliphatic carbocycles. The van der Waals surface area contributed by atoms with E-state index in [1.54, 1.807) is 14.1 Å². The molecule has 0 fully saturated rings. The Morgan fingerprint density at radius 1 is 1.15 bits per heavy atom. The lowest BCUT2D eigenvalue weighted by molar-refractivity contribution is 0.0827. The lowest BCUT2D eigenvalue weighted by Crippen LogP contribution is -2.31. The van der Waals surface area contributed by atoms with Crippen molar-refractivity contribution in [3.63, 3.8) is 0 Å². The SMILES string of the molecule is CCCCN(CC)S(=O)(=O)c1ccc(C(=O)Nc2sc3c(c2C(=O)N(C)C)CCN(C)C3)cc1. The number of thiophene rings is 1. The molecule has 186 valence electrons. The number of fused-ring (bicyclic) bond motifs is 1. The second-order valence-corrected chi connectivity index (χ2v) is 11.8. The van der Waals surface area contributed by atoms with Crippen LogP contribution >= 0.6 is 11.3 Å². The summed E-state index contributed by atoms with van der Waals surface area (Å²) in [7, 11) is 1.82. The molecule has 0 atom stereocenters. The van der Waals surface area contributed by atoms with E-state index >= 15 is 0 Å². The largest absolute Gasteiger partial charge is 0.345 e. The Hall–Kier alpha value is -2.27. The van der Waals surface area contributed by atoms with Crippen molar-refractivity contribution in [3.8, 4) is 0 Å². The van der Waals surface area contributed by atoms with Crippen LogP contribution in [0.5, 0.6) is 0 Å². The van der Waals surface area contributed by atoms with E-state index < -0.39 is 10.0 Å². The van der Waals surface area contributed by atoms with E-state index in [4.69, 9.17) is 0 Å². The van der Waals surface area contributed by atoms with Crippen LogP contribution in [0.15, 0.2) is 29.2 Å². The zero-order valence-electron chi connectivity index (χ0n) is 20.6. The number of likely N-dealkylation sites (N-methyl/N-ethyl adjacent to an activating group) is 1. The van der Waals surface area contributed by atoms with Crippen LogP contribution in [0, 0.1) is 0 Å². The summed E-state index contributed by atoms with van der Waals surface area (Å²) in [5, 5.41) is 3.45. The first-order valence-corrected chi connectivity index (χ1v) is 13.8. The number of sulfonamides is 1. The molecule has 1 N–H and O–H groups in total. The Labute approximate surface area is 206 Å². The number of carbonyl (C=O) groups is 2. The van der Waals surface area contributed by atoms with Crippen LogP contribution in [-0.2, 0) is 23.0 Å². The zero-order valence-corrected chi connectivity index (χ0v) is 22.2. The van der Waals surface area contributed by atoms with E-state index in [2.05, 4.69) is 10.2 Å². The molecule has 0 unspecified atom stereocenters. The highest BCUT2D eigenvalue weighted by Gasteiger charge is 2.29. The Kier molecular flexibility index (Phi) is 8.51. The molecule has 0 bridgehead atoms. The molecule has 2 aromatic rings. The van der Waals surface area contributed by atoms with Gasteiger partial charge in [-0.15, -0.1) is 11.3 Å². The summed E-state index contributed by atoms with van der Waals surface area (Å²) < 4.78 is 27.3. The fraction of sp³-hybridized carbons (Fsp3) is 0.500. The van der Waals surface area contributed by atoms with Crippen molar-refractivity contribution in [2.45, 2.75) is 44.6 Å². The summed E-state index contributed by atoms with van der Waals surface area (Å²) in [4.78, 5) is 30.9. The lowest BCUT2D eigenvalue weighted by Gasteiger charge is -2.23. The van der Waals surface area contributed by atoms with Crippen molar-refractivity contribution in [1.82, 2.24) is 14.1 Å². The molecule has 1 aromatic carbocycles. The predicted octanol–water partition coefficient (Wildman–Crippen LogP) is 3.50. The number of nitrogens with zero attached hydrogens (tertiary/aromatic N) is 3. The minimum absolute atomic E-state index is 0.134. The van der Waals surface area contributed by atoms with Gasteiger partial charge in [0.05, 0.1) is 10.5 Å². The van der Waals surface area contributed by atoms with Gasteiger partial charge in [0.25, 0.3) is 11.8 Å². The van der Waals surface area contributed by atoms with Crippen LogP contribution in [0.1, 0.15) is 57.8 Å². The van der Waals surface area contributed by atoms with E-state index in [0.717, 1.165) is 42.8 Å². The van der Waals surface area contributed by atoms with E-state index in [1.165, 1.54) is 44.8 Å². The molecule has 2 amide bonds. The molecule has 10 heteroatoms. The van der Waals surface area contributed by atoms with Gasteiger partial charge in [-0.1, -0.05) is 20.3 Å². The first kappa shape index (κ1) is 26.3. The van der Waals surface area contributed by atoms with Crippen molar-refractivity contribution < 1.29 is 18.0 Å². The number of hydrogen-bond acceptors (Lipinski definition) is 6. The summed E-state index contributed by atoms with van der Waals surface area (Å²) in [5.74, 6) is -0.507. The number of rotatable bonds is 9. The van der Waals surface area contributed by atoms with Crippen LogP contribution in [-0.4, -0.2) is 75.1 Å². The molecule has 0 spiro atoms. The number of hydrogen-bond donors (Lipinski definition) is 1. The molecule has 0 saturated carbocycles. The van der Waals surface area contributed by atoms with Gasteiger partial charge in [0.2, 0.25) is 10.0 Å². The minimum atomic E-state index is -3.61. The van der Waals surface area contributed by atoms with Crippen LogP contribution in [0.4, 0.5) is 5.00 Å². The van der Waals surface area contributed by atoms with Crippen LogP contribution in [0.2, 0.25) is 0 Å². The fourth-order valence-corrected chi connectivity index (χ4v) is 6.76. The second kappa shape index (κ2) is 11.0. The normalized spacial score (nSPS) is 14.2. The molecule has 8 nitrogen and oxygen atoms in total. The van der Waals surface area contributed by atoms with Crippen molar-refractivity contribution >= 4 is 38.2 Å². The first-order chi connectivity index (χ1) is 16.1.